The molecular weight excluding hydrogens is 442 g/mol. The Morgan fingerprint density at radius 1 is 0.657 bits per heavy atom. The lowest BCUT2D eigenvalue weighted by Crippen LogP contribution is -2.49. The molecule has 0 aromatic heterocycles. The van der Waals surface area contributed by atoms with Crippen molar-refractivity contribution in [3.8, 4) is 0 Å². The first-order valence-corrected chi connectivity index (χ1v) is 14.1. The zero-order valence-electron chi connectivity index (χ0n) is 23.7. The molecule has 3 fully saturated rings. The van der Waals surface area contributed by atoms with Crippen LogP contribution >= 0.6 is 0 Å². The first kappa shape index (κ1) is 29.2. The predicted octanol–water partition coefficient (Wildman–Crippen LogP) is 1.60. The molecule has 2 atom stereocenters. The Morgan fingerprint density at radius 2 is 1.14 bits per heavy atom. The van der Waals surface area contributed by atoms with E-state index in [0.29, 0.717) is 12.1 Å². The summed E-state index contributed by atoms with van der Waals surface area (Å²) in [4.78, 5) is 10.3. The number of rotatable bonds is 15. The van der Waals surface area contributed by atoms with Crippen molar-refractivity contribution in [3.05, 3.63) is 0 Å². The van der Waals surface area contributed by atoms with Gasteiger partial charge in [-0.2, -0.15) is 0 Å². The minimum absolute atomic E-state index is 0.0359. The predicted molar refractivity (Wildman–Crippen MR) is 143 cm³/mol. The molecule has 0 radical (unpaired) electrons. The van der Waals surface area contributed by atoms with Gasteiger partial charge in [-0.3, -0.25) is 19.6 Å². The Morgan fingerprint density at radius 3 is 1.63 bits per heavy atom. The Balaban J connectivity index is 1.14. The van der Waals surface area contributed by atoms with Gasteiger partial charge in [-0.15, -0.1) is 0 Å². The van der Waals surface area contributed by atoms with Gasteiger partial charge >= 0.3 is 0 Å². The van der Waals surface area contributed by atoms with Crippen molar-refractivity contribution in [2.24, 2.45) is 0 Å². The molecule has 0 unspecified atom stereocenters. The van der Waals surface area contributed by atoms with Gasteiger partial charge in [-0.25, -0.2) is 0 Å². The molecule has 8 nitrogen and oxygen atoms in total. The van der Waals surface area contributed by atoms with Gasteiger partial charge in [0.1, 0.15) is 0 Å². The van der Waals surface area contributed by atoms with Crippen molar-refractivity contribution >= 4 is 0 Å². The summed E-state index contributed by atoms with van der Waals surface area (Å²) in [6, 6.07) is 1.42. The summed E-state index contributed by atoms with van der Waals surface area (Å²) in [7, 11) is 0. The molecule has 3 saturated heterocycles. The van der Waals surface area contributed by atoms with E-state index in [4.69, 9.17) is 14.2 Å². The molecule has 2 bridgehead atoms. The smallest absolute Gasteiger partial charge is 0.0600 e. The van der Waals surface area contributed by atoms with E-state index in [-0.39, 0.29) is 11.1 Å². The molecule has 0 aromatic carbocycles. The number of fused-ring (bicyclic) bond motifs is 2. The van der Waals surface area contributed by atoms with Crippen molar-refractivity contribution in [3.63, 3.8) is 0 Å². The second kappa shape index (κ2) is 14.0. The molecule has 8 heteroatoms. The van der Waals surface area contributed by atoms with Gasteiger partial charge in [-0.05, 0) is 48.0 Å². The van der Waals surface area contributed by atoms with Crippen LogP contribution in [-0.2, 0) is 14.2 Å². The quantitative estimate of drug-likeness (QED) is 0.343. The van der Waals surface area contributed by atoms with Crippen LogP contribution in [0.15, 0.2) is 0 Å². The van der Waals surface area contributed by atoms with Crippen LogP contribution in [0.5, 0.6) is 0 Å². The van der Waals surface area contributed by atoms with Gasteiger partial charge in [0.05, 0.1) is 38.6 Å². The second-order valence-electron chi connectivity index (χ2n) is 12.6. The fraction of sp³-hybridized carbons (Fsp3) is 1.00. The highest BCUT2D eigenvalue weighted by Gasteiger charge is 2.42. The van der Waals surface area contributed by atoms with Crippen LogP contribution < -0.4 is 5.32 Å². The molecule has 3 rings (SSSR count). The van der Waals surface area contributed by atoms with Gasteiger partial charge < -0.3 is 19.5 Å². The maximum atomic E-state index is 6.03. The third-order valence-corrected chi connectivity index (χ3v) is 7.37. The van der Waals surface area contributed by atoms with E-state index in [1.807, 2.05) is 0 Å². The summed E-state index contributed by atoms with van der Waals surface area (Å²) in [5.41, 5.74) is 0.133. The van der Waals surface area contributed by atoms with E-state index < -0.39 is 0 Å². The molecule has 3 aliphatic rings. The molecule has 1 N–H and O–H groups in total. The van der Waals surface area contributed by atoms with Gasteiger partial charge in [0.2, 0.25) is 0 Å². The van der Waals surface area contributed by atoms with Crippen molar-refractivity contribution in [1.82, 2.24) is 24.9 Å². The van der Waals surface area contributed by atoms with E-state index in [0.717, 1.165) is 91.9 Å². The molecule has 35 heavy (non-hydrogen) atoms. The van der Waals surface area contributed by atoms with E-state index in [1.54, 1.807) is 0 Å². The molecule has 206 valence electrons. The van der Waals surface area contributed by atoms with Crippen molar-refractivity contribution in [2.75, 3.05) is 105 Å². The fourth-order valence-corrected chi connectivity index (χ4v) is 5.36. The maximum Gasteiger partial charge on any atom is 0.0600 e. The Kier molecular flexibility index (Phi) is 11.7. The minimum atomic E-state index is -0.0359. The molecule has 0 saturated carbocycles. The van der Waals surface area contributed by atoms with Crippen LogP contribution in [0.25, 0.3) is 0 Å². The monoisotopic (exact) mass is 497 g/mol. The van der Waals surface area contributed by atoms with E-state index in [1.165, 1.54) is 19.5 Å². The van der Waals surface area contributed by atoms with Crippen LogP contribution in [0.4, 0.5) is 0 Å². The summed E-state index contributed by atoms with van der Waals surface area (Å²) in [6.07, 6.45) is 1.32. The van der Waals surface area contributed by atoms with Gasteiger partial charge in [-0.1, -0.05) is 0 Å². The average Bonchev–Trinajstić information content (AvgIpc) is 3.35. The molecule has 0 aliphatic carbocycles. The number of piperazine rings is 2. The lowest BCUT2D eigenvalue weighted by molar-refractivity contribution is -0.0190. The number of hydrogen-bond acceptors (Lipinski definition) is 8. The number of nitrogens with zero attached hydrogens (tertiary/aromatic N) is 4. The first-order chi connectivity index (χ1) is 16.6. The molecule has 0 aromatic rings. The third-order valence-electron chi connectivity index (χ3n) is 7.37. The molecular formula is C27H55N5O3. The van der Waals surface area contributed by atoms with E-state index in [9.17, 15) is 0 Å². The normalized spacial score (nSPS) is 25.2. The lowest BCUT2D eigenvalue weighted by atomic mass is 10.1. The minimum Gasteiger partial charge on any atom is -0.379 e. The van der Waals surface area contributed by atoms with Crippen LogP contribution in [0.1, 0.15) is 48.0 Å². The number of ether oxygens (including phenoxy) is 3. The van der Waals surface area contributed by atoms with E-state index in [2.05, 4.69) is 66.5 Å². The Labute approximate surface area is 215 Å². The second-order valence-corrected chi connectivity index (χ2v) is 12.6. The highest BCUT2D eigenvalue weighted by atomic mass is 16.5. The van der Waals surface area contributed by atoms with Gasteiger partial charge in [0, 0.05) is 89.6 Å². The topological polar surface area (TPSA) is 52.7 Å². The number of likely N-dealkylation sites (tertiary alicyclic amines) is 2. The van der Waals surface area contributed by atoms with Crippen LogP contribution in [0.3, 0.4) is 0 Å². The van der Waals surface area contributed by atoms with Gasteiger partial charge in [0.15, 0.2) is 0 Å². The standard InChI is InChI=1S/C27H55N5O3/c1-26(2,3)28-7-16-33-18-14-31-22-25-21-24(31)23-32(25)15-19-34-17-12-29-8-10-30(11-9-29)13-20-35-27(4,5)6/h24-25,28H,7-23H2,1-6H3/t24-,25-/m0/s1. The Bertz CT molecular complexity index is 586. The van der Waals surface area contributed by atoms with Crippen molar-refractivity contribution in [1.29, 1.82) is 0 Å². The Hall–Kier alpha value is -0.320. The summed E-state index contributed by atoms with van der Waals surface area (Å²) < 4.78 is 17.8. The van der Waals surface area contributed by atoms with Gasteiger partial charge in [0.25, 0.3) is 0 Å². The molecule has 3 aliphatic heterocycles. The SMILES string of the molecule is CC(C)(C)NCCOCCN1C[C@@H]2C[C@H]1CN2CCOCCN1CCN(CCOC(C)(C)C)CC1. The van der Waals surface area contributed by atoms with Crippen LogP contribution in [-0.4, -0.2) is 148 Å². The molecule has 0 spiro atoms. The van der Waals surface area contributed by atoms with Crippen LogP contribution in [0, 0.1) is 0 Å². The molecule has 3 heterocycles. The van der Waals surface area contributed by atoms with Crippen molar-refractivity contribution < 1.29 is 14.2 Å². The summed E-state index contributed by atoms with van der Waals surface area (Å²) in [6.45, 7) is 29.2. The summed E-state index contributed by atoms with van der Waals surface area (Å²) in [5, 5.41) is 3.48. The number of nitrogens with one attached hydrogen (secondary N) is 1. The highest BCUT2D eigenvalue weighted by molar-refractivity contribution is 4.99. The van der Waals surface area contributed by atoms with Crippen LogP contribution in [0.2, 0.25) is 0 Å². The fourth-order valence-electron chi connectivity index (χ4n) is 5.36. The van der Waals surface area contributed by atoms with E-state index >= 15 is 0 Å². The maximum absolute atomic E-state index is 6.03. The lowest BCUT2D eigenvalue weighted by Gasteiger charge is -2.35. The first-order valence-electron chi connectivity index (χ1n) is 14.1. The zero-order valence-corrected chi connectivity index (χ0v) is 23.7. The summed E-state index contributed by atoms with van der Waals surface area (Å²) >= 11 is 0. The molecule has 0 amide bonds. The van der Waals surface area contributed by atoms with Crippen molar-refractivity contribution in [2.45, 2.75) is 71.2 Å². The third kappa shape index (κ3) is 11.3. The summed E-state index contributed by atoms with van der Waals surface area (Å²) in [5.74, 6) is 0. The largest absolute Gasteiger partial charge is 0.379 e. The average molecular weight is 498 g/mol. The number of hydrogen-bond donors (Lipinski definition) is 1. The highest BCUT2D eigenvalue weighted by Crippen LogP contribution is 2.29. The zero-order chi connectivity index (χ0) is 25.3.